The molecule has 0 bridgehead atoms. The Bertz CT molecular complexity index is 947. The van der Waals surface area contributed by atoms with E-state index in [0.717, 1.165) is 16.5 Å². The van der Waals surface area contributed by atoms with Gasteiger partial charge in [-0.15, -0.1) is 11.3 Å². The van der Waals surface area contributed by atoms with Crippen LogP contribution in [-0.2, 0) is 17.9 Å². The van der Waals surface area contributed by atoms with E-state index in [1.165, 1.54) is 4.88 Å². The molecule has 0 atom stereocenters. The van der Waals surface area contributed by atoms with Gasteiger partial charge in [0.15, 0.2) is 0 Å². The summed E-state index contributed by atoms with van der Waals surface area (Å²) in [6, 6.07) is 14.3. The molecule has 0 aliphatic carbocycles. The molecule has 0 spiro atoms. The number of carbonyl (C=O) groups is 1. The van der Waals surface area contributed by atoms with E-state index in [4.69, 9.17) is 5.26 Å². The highest BCUT2D eigenvalue weighted by atomic mass is 32.1. The molecular weight excluding hydrogens is 342 g/mol. The van der Waals surface area contributed by atoms with Gasteiger partial charge in [-0.25, -0.2) is 0 Å². The minimum absolute atomic E-state index is 0.00903. The number of thiophene rings is 1. The van der Waals surface area contributed by atoms with Crippen LogP contribution in [0.3, 0.4) is 0 Å². The molecule has 26 heavy (non-hydrogen) atoms. The number of aryl methyl sites for hydroxylation is 1. The number of fused-ring (bicyclic) bond motifs is 1. The van der Waals surface area contributed by atoms with E-state index in [1.807, 2.05) is 65.9 Å². The third-order valence-electron chi connectivity index (χ3n) is 4.31. The normalized spacial score (nSPS) is 11.1. The molecular formula is C21H21N3OS. The van der Waals surface area contributed by atoms with Crippen molar-refractivity contribution in [3.63, 3.8) is 0 Å². The Labute approximate surface area is 157 Å². The summed E-state index contributed by atoms with van der Waals surface area (Å²) in [6.45, 7) is 3.96. The van der Waals surface area contributed by atoms with Gasteiger partial charge in [0.25, 0.3) is 0 Å². The van der Waals surface area contributed by atoms with Crippen LogP contribution in [0, 0.1) is 11.3 Å². The van der Waals surface area contributed by atoms with Gasteiger partial charge in [-0.05, 0) is 30.5 Å². The molecule has 0 N–H and O–H groups in total. The topological polar surface area (TPSA) is 49.0 Å². The van der Waals surface area contributed by atoms with Gasteiger partial charge in [0, 0.05) is 46.7 Å². The Hall–Kier alpha value is -2.84. The summed E-state index contributed by atoms with van der Waals surface area (Å²) in [4.78, 5) is 15.6. The van der Waals surface area contributed by atoms with Crippen molar-refractivity contribution in [1.82, 2.24) is 9.47 Å². The molecule has 5 heteroatoms. The fraction of sp³-hybridized carbons (Fsp3) is 0.238. The maximum absolute atomic E-state index is 12.6. The van der Waals surface area contributed by atoms with Crippen molar-refractivity contribution in [3.8, 4) is 6.07 Å². The summed E-state index contributed by atoms with van der Waals surface area (Å²) in [7, 11) is 0. The molecule has 2 heterocycles. The van der Waals surface area contributed by atoms with Crippen molar-refractivity contribution in [1.29, 1.82) is 5.26 Å². The van der Waals surface area contributed by atoms with Gasteiger partial charge >= 0.3 is 0 Å². The van der Waals surface area contributed by atoms with Crippen LogP contribution in [-0.4, -0.2) is 21.9 Å². The fourth-order valence-electron chi connectivity index (χ4n) is 2.97. The maximum Gasteiger partial charge on any atom is 0.246 e. The first kappa shape index (κ1) is 18.0. The number of aromatic nitrogens is 1. The largest absolute Gasteiger partial charge is 0.346 e. The van der Waals surface area contributed by atoms with E-state index >= 15 is 0 Å². The molecule has 0 aliphatic heterocycles. The third-order valence-corrected chi connectivity index (χ3v) is 5.17. The number of rotatable bonds is 7. The lowest BCUT2D eigenvalue weighted by Crippen LogP contribution is -2.28. The van der Waals surface area contributed by atoms with E-state index in [9.17, 15) is 4.79 Å². The quantitative estimate of drug-likeness (QED) is 0.572. The highest BCUT2D eigenvalue weighted by molar-refractivity contribution is 7.09. The first-order valence-corrected chi connectivity index (χ1v) is 9.55. The van der Waals surface area contributed by atoms with E-state index in [0.29, 0.717) is 26.1 Å². The summed E-state index contributed by atoms with van der Waals surface area (Å²) in [5.41, 5.74) is 2.08. The van der Waals surface area contributed by atoms with Crippen molar-refractivity contribution in [2.24, 2.45) is 0 Å². The van der Waals surface area contributed by atoms with Gasteiger partial charge in [0.05, 0.1) is 19.0 Å². The monoisotopic (exact) mass is 363 g/mol. The SMILES string of the molecule is CCN(Cc1cccs1)C(=O)/C=C/c1cn(CCC#N)c2ccccc12. The van der Waals surface area contributed by atoms with Gasteiger partial charge in [-0.2, -0.15) is 5.26 Å². The van der Waals surface area contributed by atoms with Crippen molar-refractivity contribution >= 4 is 34.2 Å². The zero-order valence-corrected chi connectivity index (χ0v) is 15.6. The van der Waals surface area contributed by atoms with Crippen LogP contribution in [0.2, 0.25) is 0 Å². The highest BCUT2D eigenvalue weighted by Gasteiger charge is 2.11. The lowest BCUT2D eigenvalue weighted by atomic mass is 10.1. The maximum atomic E-state index is 12.6. The number of hydrogen-bond donors (Lipinski definition) is 0. The Morgan fingerprint density at radius 3 is 2.88 bits per heavy atom. The van der Waals surface area contributed by atoms with Crippen LogP contribution < -0.4 is 0 Å². The molecule has 2 aromatic heterocycles. The molecule has 3 aromatic rings. The first-order valence-electron chi connectivity index (χ1n) is 8.67. The summed E-state index contributed by atoms with van der Waals surface area (Å²) < 4.78 is 2.08. The van der Waals surface area contributed by atoms with E-state index in [-0.39, 0.29) is 5.91 Å². The van der Waals surface area contributed by atoms with Crippen LogP contribution in [0.15, 0.2) is 54.1 Å². The minimum atomic E-state index is 0.00903. The summed E-state index contributed by atoms with van der Waals surface area (Å²) in [6.07, 6.45) is 6.00. The van der Waals surface area contributed by atoms with Gasteiger partial charge in [-0.3, -0.25) is 4.79 Å². The second-order valence-corrected chi connectivity index (χ2v) is 7.00. The van der Waals surface area contributed by atoms with Gasteiger partial charge < -0.3 is 9.47 Å². The number of carbonyl (C=O) groups excluding carboxylic acids is 1. The first-order chi connectivity index (χ1) is 12.7. The lowest BCUT2D eigenvalue weighted by molar-refractivity contribution is -0.126. The van der Waals surface area contributed by atoms with Crippen molar-refractivity contribution < 1.29 is 4.79 Å². The second-order valence-electron chi connectivity index (χ2n) is 5.97. The molecule has 3 rings (SSSR count). The fourth-order valence-corrected chi connectivity index (χ4v) is 3.69. The van der Waals surface area contributed by atoms with Gasteiger partial charge in [0.2, 0.25) is 5.91 Å². The molecule has 0 aliphatic rings. The smallest absolute Gasteiger partial charge is 0.246 e. The number of para-hydroxylation sites is 1. The Morgan fingerprint density at radius 1 is 1.31 bits per heavy atom. The average molecular weight is 363 g/mol. The molecule has 132 valence electrons. The van der Waals surface area contributed by atoms with Crippen molar-refractivity contribution in [2.45, 2.75) is 26.4 Å². The minimum Gasteiger partial charge on any atom is -0.346 e. The van der Waals surface area contributed by atoms with E-state index in [2.05, 4.69) is 10.6 Å². The predicted octanol–water partition coefficient (Wildman–Crippen LogP) is 4.68. The average Bonchev–Trinajstić information content (AvgIpc) is 3.30. The predicted molar refractivity (Wildman–Crippen MR) is 107 cm³/mol. The molecule has 1 amide bonds. The van der Waals surface area contributed by atoms with Crippen molar-refractivity contribution in [2.75, 3.05) is 6.54 Å². The lowest BCUT2D eigenvalue weighted by Gasteiger charge is -2.18. The number of likely N-dealkylation sites (N-methyl/N-ethyl adjacent to an activating group) is 1. The third kappa shape index (κ3) is 4.04. The standard InChI is InChI=1S/C21H21N3OS/c1-2-23(16-18-7-5-14-26-18)21(25)11-10-17-15-24(13-6-12-22)20-9-4-3-8-19(17)20/h3-5,7-11,14-15H,2,6,13,16H2,1H3/b11-10+. The number of amides is 1. The highest BCUT2D eigenvalue weighted by Crippen LogP contribution is 2.23. The van der Waals surface area contributed by atoms with Crippen LogP contribution in [0.5, 0.6) is 0 Å². The Balaban J connectivity index is 1.81. The van der Waals surface area contributed by atoms with E-state index < -0.39 is 0 Å². The number of benzene rings is 1. The summed E-state index contributed by atoms with van der Waals surface area (Å²) in [5, 5.41) is 12.0. The van der Waals surface area contributed by atoms with Crippen LogP contribution in [0.1, 0.15) is 23.8 Å². The zero-order valence-electron chi connectivity index (χ0n) is 14.8. The molecule has 4 nitrogen and oxygen atoms in total. The molecule has 0 saturated heterocycles. The number of nitriles is 1. The van der Waals surface area contributed by atoms with Crippen LogP contribution >= 0.6 is 11.3 Å². The Kier molecular flexibility index (Phi) is 5.88. The molecule has 0 radical (unpaired) electrons. The Morgan fingerprint density at radius 2 is 2.15 bits per heavy atom. The second kappa shape index (κ2) is 8.50. The van der Waals surface area contributed by atoms with Crippen LogP contribution in [0.25, 0.3) is 17.0 Å². The van der Waals surface area contributed by atoms with Crippen LogP contribution in [0.4, 0.5) is 0 Å². The molecule has 1 aromatic carbocycles. The zero-order chi connectivity index (χ0) is 18.4. The van der Waals surface area contributed by atoms with Gasteiger partial charge in [0.1, 0.15) is 0 Å². The number of hydrogen-bond acceptors (Lipinski definition) is 3. The molecule has 0 saturated carbocycles. The number of nitrogens with zero attached hydrogens (tertiary/aromatic N) is 3. The molecule has 0 unspecified atom stereocenters. The van der Waals surface area contributed by atoms with E-state index in [1.54, 1.807) is 17.4 Å². The summed E-state index contributed by atoms with van der Waals surface area (Å²) in [5.74, 6) is 0.00903. The van der Waals surface area contributed by atoms with Gasteiger partial charge in [-0.1, -0.05) is 24.3 Å². The molecule has 0 fully saturated rings. The van der Waals surface area contributed by atoms with Crippen molar-refractivity contribution in [3.05, 3.63) is 64.5 Å². The summed E-state index contributed by atoms with van der Waals surface area (Å²) >= 11 is 1.66.